The van der Waals surface area contributed by atoms with Gasteiger partial charge in [-0.1, -0.05) is 72.8 Å². The van der Waals surface area contributed by atoms with Crippen LogP contribution in [0.5, 0.6) is 0 Å². The molecule has 22 heteroatoms. The number of para-hydroxylation sites is 2. The molecule has 314 valence electrons. The predicted octanol–water partition coefficient (Wildman–Crippen LogP) is 3.68. The van der Waals surface area contributed by atoms with Crippen molar-refractivity contribution in [2.45, 2.75) is 17.0 Å². The van der Waals surface area contributed by atoms with E-state index < -0.39 is 42.1 Å². The van der Waals surface area contributed by atoms with E-state index in [0.29, 0.717) is 11.4 Å². The molecule has 2 heterocycles. The zero-order valence-electron chi connectivity index (χ0n) is 32.2. The average Bonchev–Trinajstić information content (AvgIpc) is 3.20. The molecule has 5 aromatic rings. The number of benzene rings is 3. The molecule has 1 aliphatic carbocycles. The van der Waals surface area contributed by atoms with Gasteiger partial charge in [0.1, 0.15) is 10.6 Å². The minimum Gasteiger partial charge on any atom is -0.395 e. The van der Waals surface area contributed by atoms with E-state index in [9.17, 15) is 36.2 Å². The van der Waals surface area contributed by atoms with Gasteiger partial charge < -0.3 is 41.3 Å². The summed E-state index contributed by atoms with van der Waals surface area (Å²) in [6, 6.07) is 23.6. The molecule has 8 N–H and O–H groups in total. The van der Waals surface area contributed by atoms with Crippen molar-refractivity contribution in [1.29, 1.82) is 0 Å². The van der Waals surface area contributed by atoms with Gasteiger partial charge >= 0.3 is 0 Å². The zero-order chi connectivity index (χ0) is 42.9. The van der Waals surface area contributed by atoms with Gasteiger partial charge in [-0.05, 0) is 47.5 Å². The summed E-state index contributed by atoms with van der Waals surface area (Å²) >= 11 is 0. The Labute approximate surface area is 346 Å². The molecule has 20 nitrogen and oxygen atoms in total. The molecule has 0 unspecified atom stereocenters. The summed E-state index contributed by atoms with van der Waals surface area (Å²) in [4.78, 5) is 29.6. The number of aromatic nitrogens is 6. The second kappa shape index (κ2) is 18.6. The molecular weight excluding hydrogens is 817 g/mol. The maximum atomic E-state index is 13.2. The van der Waals surface area contributed by atoms with Gasteiger partial charge in [0.05, 0.1) is 18.1 Å². The van der Waals surface area contributed by atoms with E-state index in [4.69, 9.17) is 0 Å². The summed E-state index contributed by atoms with van der Waals surface area (Å²) < 4.78 is 71.2. The second-order valence-electron chi connectivity index (χ2n) is 13.3. The predicted molar refractivity (Wildman–Crippen MR) is 227 cm³/mol. The molecule has 0 radical (unpaired) electrons. The van der Waals surface area contributed by atoms with E-state index in [1.165, 1.54) is 48.6 Å². The lowest BCUT2D eigenvalue weighted by Crippen LogP contribution is -2.48. The maximum Gasteiger partial charge on any atom is 0.295 e. The van der Waals surface area contributed by atoms with Crippen molar-refractivity contribution in [2.75, 3.05) is 71.5 Å². The number of aliphatic hydroxyl groups is 2. The van der Waals surface area contributed by atoms with Crippen LogP contribution in [-0.2, 0) is 20.2 Å². The Balaban J connectivity index is 1.49. The highest BCUT2D eigenvalue weighted by molar-refractivity contribution is 7.89. The maximum absolute atomic E-state index is 13.2. The van der Waals surface area contributed by atoms with Crippen molar-refractivity contribution in [3.8, 4) is 0 Å². The number of hydrogen-bond acceptors (Lipinski definition) is 18. The molecule has 0 saturated carbocycles. The quantitative estimate of drug-likeness (QED) is 0.0461. The first-order valence-corrected chi connectivity index (χ1v) is 21.0. The van der Waals surface area contributed by atoms with Gasteiger partial charge in [-0.2, -0.15) is 46.7 Å². The summed E-state index contributed by atoms with van der Waals surface area (Å²) in [5, 5.41) is 32.0. The SMILES string of the molecule is CN(CCO)c1nc(Nc2ccccc2)nc(NC2(Nc3nc(Nc4ccccc4)nc(N(C)CCO)n3)C=CC(C=Cc3ccccc3S(=O)(=O)O)=C(S(=O)(=O)O)C2)n1. The van der Waals surface area contributed by atoms with Crippen molar-refractivity contribution >= 4 is 73.4 Å². The number of rotatable bonds is 18. The van der Waals surface area contributed by atoms with Crippen molar-refractivity contribution < 1.29 is 36.2 Å². The van der Waals surface area contributed by atoms with E-state index in [-0.39, 0.29) is 73.1 Å². The molecule has 60 heavy (non-hydrogen) atoms. The molecule has 3 aromatic carbocycles. The third kappa shape index (κ3) is 11.1. The van der Waals surface area contributed by atoms with E-state index in [1.54, 1.807) is 48.2 Å². The molecule has 0 saturated heterocycles. The van der Waals surface area contributed by atoms with E-state index in [2.05, 4.69) is 51.2 Å². The van der Waals surface area contributed by atoms with E-state index in [0.717, 1.165) is 0 Å². The average molecular weight is 859 g/mol. The molecule has 1 aliphatic rings. The summed E-state index contributed by atoms with van der Waals surface area (Å²) in [6.45, 7) is -0.147. The van der Waals surface area contributed by atoms with Crippen molar-refractivity contribution in [3.05, 3.63) is 119 Å². The first-order valence-electron chi connectivity index (χ1n) is 18.2. The fourth-order valence-corrected chi connectivity index (χ4v) is 7.39. The first kappa shape index (κ1) is 43.0. The van der Waals surface area contributed by atoms with Crippen LogP contribution in [0.15, 0.2) is 119 Å². The highest BCUT2D eigenvalue weighted by Crippen LogP contribution is 2.35. The Morgan fingerprint density at radius 1 is 0.633 bits per heavy atom. The monoisotopic (exact) mass is 858 g/mol. The first-order chi connectivity index (χ1) is 28.6. The Bertz CT molecular complexity index is 2510. The molecule has 0 amide bonds. The molecule has 2 aromatic heterocycles. The summed E-state index contributed by atoms with van der Waals surface area (Å²) in [7, 11) is -6.33. The van der Waals surface area contributed by atoms with Gasteiger partial charge in [-0.3, -0.25) is 9.11 Å². The Hall–Kier alpha value is -6.56. The van der Waals surface area contributed by atoms with Crippen LogP contribution in [0.4, 0.5) is 47.1 Å². The lowest BCUT2D eigenvalue weighted by Gasteiger charge is -2.36. The number of hydrogen-bond donors (Lipinski definition) is 8. The molecule has 0 bridgehead atoms. The van der Waals surface area contributed by atoms with E-state index >= 15 is 0 Å². The van der Waals surface area contributed by atoms with Crippen LogP contribution in [-0.4, -0.2) is 112 Å². The summed E-state index contributed by atoms with van der Waals surface area (Å²) in [6.07, 6.45) is 4.91. The number of nitrogens with zero attached hydrogens (tertiary/aromatic N) is 8. The van der Waals surface area contributed by atoms with Gasteiger partial charge in [0.15, 0.2) is 0 Å². The molecule has 0 atom stereocenters. The van der Waals surface area contributed by atoms with Crippen LogP contribution in [0.25, 0.3) is 6.08 Å². The van der Waals surface area contributed by atoms with Crippen molar-refractivity contribution in [3.63, 3.8) is 0 Å². The van der Waals surface area contributed by atoms with Crippen LogP contribution in [0.2, 0.25) is 0 Å². The number of nitrogens with one attached hydrogen (secondary N) is 4. The number of anilines is 8. The lowest BCUT2D eigenvalue weighted by atomic mass is 9.95. The van der Waals surface area contributed by atoms with Gasteiger partial charge in [-0.15, -0.1) is 0 Å². The molecule has 6 rings (SSSR count). The number of allylic oxidation sites excluding steroid dienone is 3. The van der Waals surface area contributed by atoms with Gasteiger partial charge in [0.2, 0.25) is 35.7 Å². The van der Waals surface area contributed by atoms with Crippen molar-refractivity contribution in [2.24, 2.45) is 0 Å². The van der Waals surface area contributed by atoms with Crippen LogP contribution < -0.4 is 31.1 Å². The fraction of sp³-hybridized carbons (Fsp3) is 0.211. The fourth-order valence-electron chi connectivity index (χ4n) is 5.86. The second-order valence-corrected chi connectivity index (χ2v) is 16.1. The van der Waals surface area contributed by atoms with Gasteiger partial charge in [-0.25, -0.2) is 0 Å². The van der Waals surface area contributed by atoms with Crippen molar-refractivity contribution in [1.82, 2.24) is 29.9 Å². The largest absolute Gasteiger partial charge is 0.395 e. The van der Waals surface area contributed by atoms with Gasteiger partial charge in [0.25, 0.3) is 20.2 Å². The zero-order valence-corrected chi connectivity index (χ0v) is 33.9. The minimum atomic E-state index is -5.00. The number of likely N-dealkylation sites (N-methyl/N-ethyl adjacent to an activating group) is 2. The highest BCUT2D eigenvalue weighted by Gasteiger charge is 2.38. The normalized spacial score (nSPS) is 13.9. The Morgan fingerprint density at radius 3 is 1.57 bits per heavy atom. The minimum absolute atomic E-state index is 0.0298. The Kier molecular flexibility index (Phi) is 13.3. The van der Waals surface area contributed by atoms with E-state index in [1.807, 2.05) is 36.4 Å². The third-order valence-electron chi connectivity index (χ3n) is 8.79. The standard InChI is InChI=1S/C38H42N12O8S2/c1-49(21-23-51)36-43-32(39-28-12-5-3-6-13-28)41-34(45-36)47-38(48-35-42-33(40-29-14-7-4-8-15-29)44-37(46-35)50(2)22-24-52)20-19-27(31(25-38)60(56,57)58)18-17-26-11-9-10-16-30(26)59(53,54)55/h3-20,51-52H,21-25H2,1-2H3,(H,53,54,55)(H,56,57,58)(H2,39,41,43,45,47)(H2,40,42,44,46,48). The third-order valence-corrected chi connectivity index (χ3v) is 10.7. The van der Waals surface area contributed by atoms with Crippen LogP contribution in [0, 0.1) is 0 Å². The van der Waals surface area contributed by atoms with Crippen LogP contribution >= 0.6 is 0 Å². The van der Waals surface area contributed by atoms with Gasteiger partial charge in [0, 0.05) is 45.0 Å². The van der Waals surface area contributed by atoms with Crippen LogP contribution in [0.1, 0.15) is 12.0 Å². The summed E-state index contributed by atoms with van der Waals surface area (Å²) in [5.74, 6) is 0.244. The topological polar surface area (TPSA) is 281 Å². The molecule has 0 spiro atoms. The number of aliphatic hydroxyl groups excluding tert-OH is 2. The smallest absolute Gasteiger partial charge is 0.295 e. The highest BCUT2D eigenvalue weighted by atomic mass is 32.2. The van der Waals surface area contributed by atoms with Crippen LogP contribution in [0.3, 0.4) is 0 Å². The Morgan fingerprint density at radius 2 is 1.10 bits per heavy atom. The molecule has 0 aliphatic heterocycles. The lowest BCUT2D eigenvalue weighted by molar-refractivity contribution is 0.303. The molecule has 0 fully saturated rings. The molecular formula is C38H42N12O8S2. The summed E-state index contributed by atoms with van der Waals surface area (Å²) in [5.41, 5.74) is -0.455.